The summed E-state index contributed by atoms with van der Waals surface area (Å²) in [4.78, 5) is 22.2. The molecule has 1 N–H and O–H groups in total. The maximum absolute atomic E-state index is 12.2. The zero-order valence-electron chi connectivity index (χ0n) is 9.98. The van der Waals surface area contributed by atoms with Crippen LogP contribution in [0.2, 0.25) is 0 Å². The third-order valence-corrected chi connectivity index (χ3v) is 4.02. The molecule has 0 bridgehead atoms. The summed E-state index contributed by atoms with van der Waals surface area (Å²) in [5.41, 5.74) is 0. The molecule has 0 aromatic heterocycles. The predicted octanol–water partition coefficient (Wildman–Crippen LogP) is 1.30. The van der Waals surface area contributed by atoms with E-state index in [1.807, 2.05) is 0 Å². The molecule has 0 aliphatic heterocycles. The molecule has 0 heterocycles. The lowest BCUT2D eigenvalue weighted by Crippen LogP contribution is -2.39. The van der Waals surface area contributed by atoms with Crippen LogP contribution in [-0.2, 0) is 23.2 Å². The molecule has 0 aromatic carbocycles. The first-order valence-corrected chi connectivity index (χ1v) is 6.64. The highest BCUT2D eigenvalue weighted by atomic mass is 31.2. The number of carbonyl (C=O) groups is 2. The van der Waals surface area contributed by atoms with Crippen molar-refractivity contribution >= 4 is 19.3 Å². The quantitative estimate of drug-likeness (QED) is 0.690. The van der Waals surface area contributed by atoms with Gasteiger partial charge in [0, 0.05) is 6.92 Å². The molecule has 1 amide bonds. The lowest BCUT2D eigenvalue weighted by Gasteiger charge is -2.24. The standard InChI is InChI=1S/C9H18NO5P/c1-5-14-16(13,15-6-2)9(7(3)11)10-8(4)12/h9H,5-6H2,1-4H3,(H,10,12). The van der Waals surface area contributed by atoms with Gasteiger partial charge in [-0.3, -0.25) is 14.2 Å². The average Bonchev–Trinajstić information content (AvgIpc) is 2.14. The van der Waals surface area contributed by atoms with Crippen molar-refractivity contribution in [2.24, 2.45) is 0 Å². The molecule has 0 aliphatic carbocycles. The summed E-state index contributed by atoms with van der Waals surface area (Å²) in [5, 5.41) is 2.29. The van der Waals surface area contributed by atoms with Crippen LogP contribution >= 0.6 is 7.60 Å². The molecule has 0 saturated heterocycles. The van der Waals surface area contributed by atoms with Crippen LogP contribution in [0.15, 0.2) is 0 Å². The summed E-state index contributed by atoms with van der Waals surface area (Å²) in [6, 6.07) is 0. The molecule has 16 heavy (non-hydrogen) atoms. The van der Waals surface area contributed by atoms with Gasteiger partial charge in [-0.25, -0.2) is 0 Å². The van der Waals surface area contributed by atoms with Gasteiger partial charge in [0.05, 0.1) is 13.2 Å². The van der Waals surface area contributed by atoms with E-state index in [0.717, 1.165) is 0 Å². The number of carbonyl (C=O) groups excluding carboxylic acids is 2. The van der Waals surface area contributed by atoms with Gasteiger partial charge in [-0.15, -0.1) is 0 Å². The number of hydrogen-bond acceptors (Lipinski definition) is 5. The first-order chi connectivity index (χ1) is 7.37. The van der Waals surface area contributed by atoms with Crippen LogP contribution in [-0.4, -0.2) is 30.7 Å². The molecule has 0 spiro atoms. The Morgan fingerprint density at radius 2 is 1.62 bits per heavy atom. The van der Waals surface area contributed by atoms with Gasteiger partial charge in [0.2, 0.25) is 5.91 Å². The van der Waals surface area contributed by atoms with Crippen molar-refractivity contribution in [3.63, 3.8) is 0 Å². The molecule has 0 saturated carbocycles. The lowest BCUT2D eigenvalue weighted by atomic mass is 10.4. The van der Waals surface area contributed by atoms with Crippen LogP contribution in [0.4, 0.5) is 0 Å². The molecule has 0 aromatic rings. The number of ketones is 1. The Hall–Kier alpha value is -0.710. The van der Waals surface area contributed by atoms with Gasteiger partial charge in [-0.2, -0.15) is 0 Å². The minimum Gasteiger partial charge on any atom is -0.336 e. The third-order valence-electron chi connectivity index (χ3n) is 1.66. The zero-order valence-corrected chi connectivity index (χ0v) is 10.9. The van der Waals surface area contributed by atoms with Gasteiger partial charge in [0.1, 0.15) is 0 Å². The number of hydrogen-bond donors (Lipinski definition) is 1. The van der Waals surface area contributed by atoms with Crippen LogP contribution in [0.5, 0.6) is 0 Å². The highest BCUT2D eigenvalue weighted by Gasteiger charge is 2.39. The highest BCUT2D eigenvalue weighted by Crippen LogP contribution is 2.52. The van der Waals surface area contributed by atoms with E-state index in [4.69, 9.17) is 9.05 Å². The fraction of sp³-hybridized carbons (Fsp3) is 0.778. The summed E-state index contributed by atoms with van der Waals surface area (Å²) >= 11 is 0. The van der Waals surface area contributed by atoms with E-state index in [1.165, 1.54) is 13.8 Å². The first-order valence-electron chi connectivity index (χ1n) is 5.03. The number of Topliss-reactive ketones (excluding diaryl/α,β-unsaturated/α-hetero) is 1. The van der Waals surface area contributed by atoms with E-state index < -0.39 is 25.1 Å². The second-order valence-corrected chi connectivity index (χ2v) is 5.20. The maximum atomic E-state index is 12.2. The van der Waals surface area contributed by atoms with Crippen LogP contribution < -0.4 is 5.32 Å². The SMILES string of the molecule is CCOP(=O)(OCC)C(NC(C)=O)C(C)=O. The average molecular weight is 251 g/mol. The van der Waals surface area contributed by atoms with Crippen LogP contribution in [0, 0.1) is 0 Å². The van der Waals surface area contributed by atoms with E-state index in [-0.39, 0.29) is 13.2 Å². The molecule has 6 nitrogen and oxygen atoms in total. The Bertz CT molecular complexity index is 294. The van der Waals surface area contributed by atoms with Crippen molar-refractivity contribution in [3.05, 3.63) is 0 Å². The minimum absolute atomic E-state index is 0.140. The fourth-order valence-electron chi connectivity index (χ4n) is 1.14. The van der Waals surface area contributed by atoms with Crippen molar-refractivity contribution in [2.75, 3.05) is 13.2 Å². The largest absolute Gasteiger partial charge is 0.360 e. The summed E-state index contributed by atoms with van der Waals surface area (Å²) in [7, 11) is -3.62. The van der Waals surface area contributed by atoms with Crippen LogP contribution in [0.25, 0.3) is 0 Å². The van der Waals surface area contributed by atoms with Gasteiger partial charge in [0.25, 0.3) is 0 Å². The van der Waals surface area contributed by atoms with Crippen LogP contribution in [0.1, 0.15) is 27.7 Å². The molecule has 0 rings (SSSR count). The molecule has 0 radical (unpaired) electrons. The van der Waals surface area contributed by atoms with E-state index in [0.29, 0.717) is 0 Å². The Morgan fingerprint density at radius 1 is 1.19 bits per heavy atom. The summed E-state index contributed by atoms with van der Waals surface area (Å²) in [6.07, 6.45) is 0. The molecule has 1 atom stereocenters. The first kappa shape index (κ1) is 15.3. The Morgan fingerprint density at radius 3 is 1.88 bits per heavy atom. The molecule has 7 heteroatoms. The van der Waals surface area contributed by atoms with Gasteiger partial charge in [0.15, 0.2) is 11.6 Å². The Kier molecular flexibility index (Phi) is 6.48. The van der Waals surface area contributed by atoms with E-state index in [9.17, 15) is 14.2 Å². The van der Waals surface area contributed by atoms with Crippen molar-refractivity contribution in [1.82, 2.24) is 5.32 Å². The highest BCUT2D eigenvalue weighted by molar-refractivity contribution is 7.55. The zero-order chi connectivity index (χ0) is 12.8. The van der Waals surface area contributed by atoms with Gasteiger partial charge in [-0.05, 0) is 20.8 Å². The van der Waals surface area contributed by atoms with E-state index in [2.05, 4.69) is 5.32 Å². The molecule has 0 fully saturated rings. The molecule has 0 aliphatic rings. The fourth-order valence-corrected chi connectivity index (χ4v) is 3.02. The predicted molar refractivity (Wildman–Crippen MR) is 59.1 cm³/mol. The summed E-state index contributed by atoms with van der Waals surface area (Å²) in [5.74, 6) is -2.15. The molecular formula is C9H18NO5P. The number of amides is 1. The summed E-state index contributed by atoms with van der Waals surface area (Å²) in [6.45, 7) is 6.01. The second kappa shape index (κ2) is 6.78. The maximum Gasteiger partial charge on any atom is 0.360 e. The number of rotatable bonds is 7. The van der Waals surface area contributed by atoms with Gasteiger partial charge in [-0.1, -0.05) is 0 Å². The van der Waals surface area contributed by atoms with Crippen molar-refractivity contribution in [2.45, 2.75) is 33.5 Å². The van der Waals surface area contributed by atoms with Gasteiger partial charge < -0.3 is 14.4 Å². The summed E-state index contributed by atoms with van der Waals surface area (Å²) < 4.78 is 22.2. The Balaban J connectivity index is 5.01. The van der Waals surface area contributed by atoms with Crippen LogP contribution in [0.3, 0.4) is 0 Å². The lowest BCUT2D eigenvalue weighted by molar-refractivity contribution is -0.124. The normalized spacial score (nSPS) is 13.2. The monoisotopic (exact) mass is 251 g/mol. The van der Waals surface area contributed by atoms with Gasteiger partial charge >= 0.3 is 7.60 Å². The molecule has 94 valence electrons. The Labute approximate surface area is 95.2 Å². The second-order valence-electron chi connectivity index (χ2n) is 3.09. The number of nitrogens with one attached hydrogen (secondary N) is 1. The molecule has 1 unspecified atom stereocenters. The molecular weight excluding hydrogens is 233 g/mol. The van der Waals surface area contributed by atoms with Crippen molar-refractivity contribution in [3.8, 4) is 0 Å². The minimum atomic E-state index is -3.62. The third kappa shape index (κ3) is 4.43. The smallest absolute Gasteiger partial charge is 0.336 e. The van der Waals surface area contributed by atoms with E-state index in [1.54, 1.807) is 13.8 Å². The van der Waals surface area contributed by atoms with E-state index >= 15 is 0 Å². The topological polar surface area (TPSA) is 81.7 Å². The van der Waals surface area contributed by atoms with Crippen molar-refractivity contribution < 1.29 is 23.2 Å². The van der Waals surface area contributed by atoms with Crippen molar-refractivity contribution in [1.29, 1.82) is 0 Å².